The van der Waals surface area contributed by atoms with Crippen LogP contribution in [0.1, 0.15) is 26.7 Å². The van der Waals surface area contributed by atoms with Crippen LogP contribution >= 0.6 is 11.6 Å². The highest BCUT2D eigenvalue weighted by Gasteiger charge is 2.17. The molecular formula is C11H16ClFN2O. The Bertz CT molecular complexity index is 385. The molecule has 0 radical (unpaired) electrons. The van der Waals surface area contributed by atoms with E-state index in [0.717, 1.165) is 12.8 Å². The lowest BCUT2D eigenvalue weighted by Gasteiger charge is -2.17. The zero-order valence-electron chi connectivity index (χ0n) is 9.39. The number of nitrogen functional groups attached to an aromatic ring is 2. The Morgan fingerprint density at radius 1 is 1.44 bits per heavy atom. The van der Waals surface area contributed by atoms with Gasteiger partial charge < -0.3 is 16.2 Å². The fourth-order valence-corrected chi connectivity index (χ4v) is 1.58. The first-order chi connectivity index (χ1) is 7.47. The normalized spacial score (nSPS) is 12.5. The van der Waals surface area contributed by atoms with E-state index in [9.17, 15) is 4.39 Å². The second-order valence-electron chi connectivity index (χ2n) is 3.73. The maximum atomic E-state index is 13.7. The lowest BCUT2D eigenvalue weighted by Crippen LogP contribution is -2.13. The maximum absolute atomic E-state index is 13.7. The average Bonchev–Trinajstić information content (AvgIpc) is 2.22. The molecule has 0 amide bonds. The predicted molar refractivity (Wildman–Crippen MR) is 65.2 cm³/mol. The molecule has 1 aromatic carbocycles. The lowest BCUT2D eigenvalue weighted by molar-refractivity contribution is 0.202. The van der Waals surface area contributed by atoms with E-state index >= 15 is 0 Å². The van der Waals surface area contributed by atoms with Crippen molar-refractivity contribution in [2.45, 2.75) is 32.8 Å². The number of nitrogens with two attached hydrogens (primary N) is 2. The van der Waals surface area contributed by atoms with Gasteiger partial charge in [-0.25, -0.2) is 4.39 Å². The number of benzene rings is 1. The van der Waals surface area contributed by atoms with Gasteiger partial charge in [0.05, 0.1) is 17.5 Å². The summed E-state index contributed by atoms with van der Waals surface area (Å²) in [6.07, 6.45) is 1.66. The monoisotopic (exact) mass is 246 g/mol. The maximum Gasteiger partial charge on any atom is 0.187 e. The van der Waals surface area contributed by atoms with Gasteiger partial charge in [-0.05, 0) is 19.4 Å². The molecule has 0 aliphatic heterocycles. The average molecular weight is 247 g/mol. The van der Waals surface area contributed by atoms with Gasteiger partial charge in [-0.2, -0.15) is 0 Å². The molecule has 4 N–H and O–H groups in total. The van der Waals surface area contributed by atoms with Crippen molar-refractivity contribution < 1.29 is 9.13 Å². The van der Waals surface area contributed by atoms with Crippen molar-refractivity contribution in [2.75, 3.05) is 11.5 Å². The molecule has 3 nitrogen and oxygen atoms in total. The standard InChI is InChI=1S/C11H16ClFN2O/c1-3-4-6(2)16-11-8(15)5-7(14)9(12)10(11)13/h5-6H,3-4,14-15H2,1-2H3. The molecule has 0 fully saturated rings. The number of anilines is 2. The number of hydrogen-bond acceptors (Lipinski definition) is 3. The SMILES string of the molecule is CCCC(C)Oc1c(N)cc(N)c(Cl)c1F. The van der Waals surface area contributed by atoms with E-state index in [1.165, 1.54) is 6.07 Å². The van der Waals surface area contributed by atoms with Crippen molar-refractivity contribution in [3.8, 4) is 5.75 Å². The number of ether oxygens (including phenoxy) is 1. The van der Waals surface area contributed by atoms with Crippen molar-refractivity contribution in [3.63, 3.8) is 0 Å². The Morgan fingerprint density at radius 2 is 2.06 bits per heavy atom. The minimum Gasteiger partial charge on any atom is -0.485 e. The third-order valence-corrected chi connectivity index (χ3v) is 2.62. The van der Waals surface area contributed by atoms with Gasteiger partial charge in [0, 0.05) is 0 Å². The zero-order valence-corrected chi connectivity index (χ0v) is 10.1. The summed E-state index contributed by atoms with van der Waals surface area (Å²) in [7, 11) is 0. The number of hydrogen-bond donors (Lipinski definition) is 2. The van der Waals surface area contributed by atoms with E-state index < -0.39 is 5.82 Å². The molecule has 0 saturated carbocycles. The minimum atomic E-state index is -0.692. The third kappa shape index (κ3) is 2.70. The Hall–Kier alpha value is -1.16. The van der Waals surface area contributed by atoms with Crippen LogP contribution in [-0.2, 0) is 0 Å². The van der Waals surface area contributed by atoms with Crippen LogP contribution in [0.5, 0.6) is 5.75 Å². The third-order valence-electron chi connectivity index (χ3n) is 2.23. The molecule has 16 heavy (non-hydrogen) atoms. The molecule has 5 heteroatoms. The quantitative estimate of drug-likeness (QED) is 0.802. The Balaban J connectivity index is 3.00. The van der Waals surface area contributed by atoms with Gasteiger partial charge in [-0.3, -0.25) is 0 Å². The fourth-order valence-electron chi connectivity index (χ4n) is 1.44. The summed E-state index contributed by atoms with van der Waals surface area (Å²) in [5, 5.41) is -0.145. The molecule has 0 bridgehead atoms. The lowest BCUT2D eigenvalue weighted by atomic mass is 10.2. The van der Waals surface area contributed by atoms with Crippen molar-refractivity contribution in [2.24, 2.45) is 0 Å². The number of rotatable bonds is 4. The van der Waals surface area contributed by atoms with Gasteiger partial charge >= 0.3 is 0 Å². The van der Waals surface area contributed by atoms with Crippen molar-refractivity contribution in [1.82, 2.24) is 0 Å². The molecule has 1 aromatic rings. The van der Waals surface area contributed by atoms with Crippen LogP contribution in [0.2, 0.25) is 5.02 Å². The van der Waals surface area contributed by atoms with Gasteiger partial charge in [0.25, 0.3) is 0 Å². The second-order valence-corrected chi connectivity index (χ2v) is 4.11. The molecular weight excluding hydrogens is 231 g/mol. The van der Waals surface area contributed by atoms with E-state index in [1.807, 2.05) is 13.8 Å². The van der Waals surface area contributed by atoms with Crippen LogP contribution in [0.4, 0.5) is 15.8 Å². The van der Waals surface area contributed by atoms with Gasteiger partial charge in [0.15, 0.2) is 11.6 Å². The molecule has 0 saturated heterocycles. The summed E-state index contributed by atoms with van der Waals surface area (Å²) < 4.78 is 19.1. The number of halogens is 2. The molecule has 0 aliphatic rings. The topological polar surface area (TPSA) is 61.3 Å². The summed E-state index contributed by atoms with van der Waals surface area (Å²) in [4.78, 5) is 0. The Labute approximate surface area is 99.5 Å². The summed E-state index contributed by atoms with van der Waals surface area (Å²) in [5.41, 5.74) is 11.4. The zero-order chi connectivity index (χ0) is 12.3. The van der Waals surface area contributed by atoms with Crippen LogP contribution in [0.25, 0.3) is 0 Å². The smallest absolute Gasteiger partial charge is 0.187 e. The summed E-state index contributed by atoms with van der Waals surface area (Å²) in [6, 6.07) is 1.40. The molecule has 0 heterocycles. The van der Waals surface area contributed by atoms with Crippen LogP contribution in [0.3, 0.4) is 0 Å². The van der Waals surface area contributed by atoms with E-state index in [1.54, 1.807) is 0 Å². The largest absolute Gasteiger partial charge is 0.485 e. The van der Waals surface area contributed by atoms with Gasteiger partial charge in [-0.1, -0.05) is 24.9 Å². The molecule has 1 unspecified atom stereocenters. The van der Waals surface area contributed by atoms with Crippen molar-refractivity contribution >= 4 is 23.0 Å². The molecule has 1 atom stereocenters. The fraction of sp³-hybridized carbons (Fsp3) is 0.455. The van der Waals surface area contributed by atoms with Crippen LogP contribution in [0.15, 0.2) is 6.07 Å². The minimum absolute atomic E-state index is 0.0137. The van der Waals surface area contributed by atoms with E-state index in [0.29, 0.717) is 0 Å². The Morgan fingerprint density at radius 3 is 2.62 bits per heavy atom. The summed E-state index contributed by atoms with van der Waals surface area (Å²) >= 11 is 5.68. The van der Waals surface area contributed by atoms with Crippen molar-refractivity contribution in [1.29, 1.82) is 0 Å². The molecule has 90 valence electrons. The van der Waals surface area contributed by atoms with Crippen LogP contribution in [0, 0.1) is 5.82 Å². The highest BCUT2D eigenvalue weighted by molar-refractivity contribution is 6.33. The first-order valence-corrected chi connectivity index (χ1v) is 5.54. The van der Waals surface area contributed by atoms with Gasteiger partial charge in [-0.15, -0.1) is 0 Å². The molecule has 0 aromatic heterocycles. The summed E-state index contributed by atoms with van der Waals surface area (Å²) in [6.45, 7) is 3.88. The Kier molecular flexibility index (Phi) is 4.24. The first kappa shape index (κ1) is 12.9. The van der Waals surface area contributed by atoms with E-state index in [-0.39, 0.29) is 28.3 Å². The molecule has 0 spiro atoms. The molecule has 0 aliphatic carbocycles. The predicted octanol–water partition coefficient (Wildman–Crippen LogP) is 3.21. The highest BCUT2D eigenvalue weighted by atomic mass is 35.5. The van der Waals surface area contributed by atoms with Gasteiger partial charge in [0.1, 0.15) is 5.02 Å². The van der Waals surface area contributed by atoms with Crippen LogP contribution in [-0.4, -0.2) is 6.10 Å². The van der Waals surface area contributed by atoms with Crippen LogP contribution < -0.4 is 16.2 Å². The summed E-state index contributed by atoms with van der Waals surface area (Å²) in [5.74, 6) is -0.706. The van der Waals surface area contributed by atoms with Crippen molar-refractivity contribution in [3.05, 3.63) is 16.9 Å². The van der Waals surface area contributed by atoms with E-state index in [2.05, 4.69) is 0 Å². The highest BCUT2D eigenvalue weighted by Crippen LogP contribution is 2.36. The second kappa shape index (κ2) is 5.25. The molecule has 1 rings (SSSR count). The van der Waals surface area contributed by atoms with E-state index in [4.69, 9.17) is 27.8 Å². The van der Waals surface area contributed by atoms with Gasteiger partial charge in [0.2, 0.25) is 0 Å². The first-order valence-electron chi connectivity index (χ1n) is 5.17.